The first-order chi connectivity index (χ1) is 7.25. The molecule has 1 aromatic rings. The lowest BCUT2D eigenvalue weighted by Crippen LogP contribution is -2.29. The number of carbonyl (C=O) groups is 1. The van der Waals surface area contributed by atoms with Crippen molar-refractivity contribution in [3.8, 4) is 0 Å². The maximum atomic E-state index is 11.1. The molecule has 15 heavy (non-hydrogen) atoms. The van der Waals surface area contributed by atoms with Crippen molar-refractivity contribution in [1.82, 2.24) is 4.90 Å². The van der Waals surface area contributed by atoms with Gasteiger partial charge in [-0.1, -0.05) is 18.2 Å². The molecular formula is C12H16N2O. The Bertz CT molecular complexity index is 337. The fourth-order valence-corrected chi connectivity index (χ4v) is 1.93. The summed E-state index contributed by atoms with van der Waals surface area (Å²) in [6.45, 7) is 3.33. The van der Waals surface area contributed by atoms with Crippen LogP contribution in [0.1, 0.15) is 13.3 Å². The highest BCUT2D eigenvalue weighted by atomic mass is 16.2. The van der Waals surface area contributed by atoms with Crippen molar-refractivity contribution >= 4 is 11.6 Å². The van der Waals surface area contributed by atoms with Gasteiger partial charge in [-0.05, 0) is 18.6 Å². The number of benzene rings is 1. The normalized spacial score (nSPS) is 20.3. The SMILES string of the molecule is CC(=O)N1CCC(Nc2ccccc2)C1. The van der Waals surface area contributed by atoms with Crippen molar-refractivity contribution in [2.45, 2.75) is 19.4 Å². The first-order valence-electron chi connectivity index (χ1n) is 5.33. The van der Waals surface area contributed by atoms with Crippen molar-refractivity contribution in [3.05, 3.63) is 30.3 Å². The topological polar surface area (TPSA) is 32.3 Å². The van der Waals surface area contributed by atoms with Crippen molar-refractivity contribution in [1.29, 1.82) is 0 Å². The van der Waals surface area contributed by atoms with E-state index in [0.29, 0.717) is 6.04 Å². The molecule has 0 aliphatic carbocycles. The number of hydrogen-bond acceptors (Lipinski definition) is 2. The summed E-state index contributed by atoms with van der Waals surface area (Å²) < 4.78 is 0. The summed E-state index contributed by atoms with van der Waals surface area (Å²) in [5, 5.41) is 3.43. The smallest absolute Gasteiger partial charge is 0.219 e. The molecule has 2 rings (SSSR count). The monoisotopic (exact) mass is 204 g/mol. The van der Waals surface area contributed by atoms with E-state index in [-0.39, 0.29) is 5.91 Å². The largest absolute Gasteiger partial charge is 0.380 e. The van der Waals surface area contributed by atoms with E-state index in [1.807, 2.05) is 23.1 Å². The fourth-order valence-electron chi connectivity index (χ4n) is 1.93. The van der Waals surface area contributed by atoms with Crippen molar-refractivity contribution in [2.75, 3.05) is 18.4 Å². The zero-order valence-electron chi connectivity index (χ0n) is 8.94. The van der Waals surface area contributed by atoms with Gasteiger partial charge in [0.05, 0.1) is 0 Å². The highest BCUT2D eigenvalue weighted by Crippen LogP contribution is 2.15. The number of likely N-dealkylation sites (tertiary alicyclic amines) is 1. The molecule has 1 saturated heterocycles. The second-order valence-corrected chi connectivity index (χ2v) is 3.96. The third-order valence-electron chi connectivity index (χ3n) is 2.78. The summed E-state index contributed by atoms with van der Waals surface area (Å²) in [4.78, 5) is 13.0. The molecule has 0 radical (unpaired) electrons. The van der Waals surface area contributed by atoms with E-state index in [0.717, 1.165) is 25.2 Å². The number of nitrogens with zero attached hydrogens (tertiary/aromatic N) is 1. The van der Waals surface area contributed by atoms with Crippen LogP contribution in [0.5, 0.6) is 0 Å². The van der Waals surface area contributed by atoms with E-state index < -0.39 is 0 Å². The maximum Gasteiger partial charge on any atom is 0.219 e. The summed E-state index contributed by atoms with van der Waals surface area (Å²) in [5.74, 6) is 0.173. The second-order valence-electron chi connectivity index (χ2n) is 3.96. The lowest BCUT2D eigenvalue weighted by atomic mass is 10.2. The third kappa shape index (κ3) is 2.49. The number of para-hydroxylation sites is 1. The number of nitrogens with one attached hydrogen (secondary N) is 1. The molecule has 1 amide bonds. The molecule has 1 fully saturated rings. The van der Waals surface area contributed by atoms with E-state index in [1.165, 1.54) is 0 Å². The molecule has 1 atom stereocenters. The molecule has 0 saturated carbocycles. The molecule has 1 heterocycles. The van der Waals surface area contributed by atoms with Crippen molar-refractivity contribution in [3.63, 3.8) is 0 Å². The van der Waals surface area contributed by atoms with Crippen LogP contribution in [0.15, 0.2) is 30.3 Å². The number of amides is 1. The van der Waals surface area contributed by atoms with Gasteiger partial charge >= 0.3 is 0 Å². The van der Waals surface area contributed by atoms with Gasteiger partial charge in [0, 0.05) is 31.7 Å². The summed E-state index contributed by atoms with van der Waals surface area (Å²) in [5.41, 5.74) is 1.13. The van der Waals surface area contributed by atoms with E-state index in [1.54, 1.807) is 6.92 Å². The van der Waals surface area contributed by atoms with Crippen LogP contribution >= 0.6 is 0 Å². The highest BCUT2D eigenvalue weighted by molar-refractivity contribution is 5.73. The predicted molar refractivity (Wildman–Crippen MR) is 60.7 cm³/mol. The summed E-state index contributed by atoms with van der Waals surface area (Å²) >= 11 is 0. The molecule has 0 aromatic heterocycles. The Morgan fingerprint density at radius 1 is 1.40 bits per heavy atom. The molecule has 1 unspecified atom stereocenters. The van der Waals surface area contributed by atoms with Crippen molar-refractivity contribution < 1.29 is 4.79 Å². The van der Waals surface area contributed by atoms with Crippen LogP contribution in [-0.2, 0) is 4.79 Å². The van der Waals surface area contributed by atoms with Crippen molar-refractivity contribution in [2.24, 2.45) is 0 Å². The van der Waals surface area contributed by atoms with Gasteiger partial charge in [-0.15, -0.1) is 0 Å². The first-order valence-corrected chi connectivity index (χ1v) is 5.33. The Morgan fingerprint density at radius 2 is 2.13 bits per heavy atom. The molecule has 1 aliphatic heterocycles. The Labute approximate surface area is 90.1 Å². The zero-order chi connectivity index (χ0) is 10.7. The van der Waals surface area contributed by atoms with Crippen LogP contribution in [0.3, 0.4) is 0 Å². The Kier molecular flexibility index (Phi) is 2.90. The van der Waals surface area contributed by atoms with Gasteiger partial charge in [-0.25, -0.2) is 0 Å². The van der Waals surface area contributed by atoms with E-state index in [2.05, 4.69) is 17.4 Å². The molecular weight excluding hydrogens is 188 g/mol. The third-order valence-corrected chi connectivity index (χ3v) is 2.78. The van der Waals surface area contributed by atoms with Gasteiger partial charge in [0.15, 0.2) is 0 Å². The highest BCUT2D eigenvalue weighted by Gasteiger charge is 2.23. The molecule has 80 valence electrons. The van der Waals surface area contributed by atoms with E-state index in [9.17, 15) is 4.79 Å². The van der Waals surface area contributed by atoms with Crippen LogP contribution in [0.4, 0.5) is 5.69 Å². The summed E-state index contributed by atoms with van der Waals surface area (Å²) in [6, 6.07) is 10.5. The molecule has 1 aromatic carbocycles. The van der Waals surface area contributed by atoms with Gasteiger partial charge in [0.25, 0.3) is 0 Å². The standard InChI is InChI=1S/C12H16N2O/c1-10(15)14-8-7-12(9-14)13-11-5-3-2-4-6-11/h2-6,12-13H,7-9H2,1H3. The number of rotatable bonds is 2. The van der Waals surface area contributed by atoms with Gasteiger partial charge < -0.3 is 10.2 Å². The van der Waals surface area contributed by atoms with E-state index in [4.69, 9.17) is 0 Å². The average Bonchev–Trinajstić information content (AvgIpc) is 2.68. The molecule has 3 heteroatoms. The minimum absolute atomic E-state index is 0.173. The second kappa shape index (κ2) is 4.34. The lowest BCUT2D eigenvalue weighted by Gasteiger charge is -2.15. The van der Waals surface area contributed by atoms with Gasteiger partial charge in [-0.3, -0.25) is 4.79 Å². The Hall–Kier alpha value is -1.51. The van der Waals surface area contributed by atoms with Crippen LogP contribution < -0.4 is 5.32 Å². The lowest BCUT2D eigenvalue weighted by molar-refractivity contribution is -0.127. The van der Waals surface area contributed by atoms with Crippen LogP contribution in [0.25, 0.3) is 0 Å². The number of anilines is 1. The Morgan fingerprint density at radius 3 is 2.73 bits per heavy atom. The molecule has 3 nitrogen and oxygen atoms in total. The molecule has 1 aliphatic rings. The molecule has 0 bridgehead atoms. The zero-order valence-corrected chi connectivity index (χ0v) is 8.94. The average molecular weight is 204 g/mol. The fraction of sp³-hybridized carbons (Fsp3) is 0.417. The first kappa shape index (κ1) is 10.0. The van der Waals surface area contributed by atoms with Gasteiger partial charge in [0.1, 0.15) is 0 Å². The summed E-state index contributed by atoms with van der Waals surface area (Å²) in [6.07, 6.45) is 1.04. The van der Waals surface area contributed by atoms with Crippen LogP contribution in [-0.4, -0.2) is 29.9 Å². The minimum atomic E-state index is 0.173. The van der Waals surface area contributed by atoms with Gasteiger partial charge in [0.2, 0.25) is 5.91 Å². The number of hydrogen-bond donors (Lipinski definition) is 1. The van der Waals surface area contributed by atoms with E-state index >= 15 is 0 Å². The predicted octanol–water partition coefficient (Wildman–Crippen LogP) is 1.72. The van der Waals surface area contributed by atoms with Gasteiger partial charge in [-0.2, -0.15) is 0 Å². The maximum absolute atomic E-state index is 11.1. The molecule has 1 N–H and O–H groups in total. The quantitative estimate of drug-likeness (QED) is 0.795. The number of carbonyl (C=O) groups excluding carboxylic acids is 1. The van der Waals surface area contributed by atoms with Crippen LogP contribution in [0.2, 0.25) is 0 Å². The Balaban J connectivity index is 1.90. The van der Waals surface area contributed by atoms with Crippen LogP contribution in [0, 0.1) is 0 Å². The summed E-state index contributed by atoms with van der Waals surface area (Å²) in [7, 11) is 0. The molecule has 0 spiro atoms. The minimum Gasteiger partial charge on any atom is -0.380 e.